The average molecular weight is 475 g/mol. The molecule has 0 atom stereocenters. The van der Waals surface area contributed by atoms with E-state index in [1.165, 1.54) is 5.56 Å². The second-order valence-corrected chi connectivity index (χ2v) is 9.52. The lowest BCUT2D eigenvalue weighted by Crippen LogP contribution is -2.46. The van der Waals surface area contributed by atoms with E-state index in [0.717, 1.165) is 92.4 Å². The summed E-state index contributed by atoms with van der Waals surface area (Å²) < 4.78 is 5.48. The summed E-state index contributed by atoms with van der Waals surface area (Å²) in [5, 5.41) is 8.26. The molecule has 8 heteroatoms. The van der Waals surface area contributed by atoms with Crippen molar-refractivity contribution in [1.29, 1.82) is 0 Å². The zero-order valence-corrected chi connectivity index (χ0v) is 20.6. The summed E-state index contributed by atoms with van der Waals surface area (Å²) in [6.07, 6.45) is 3.56. The van der Waals surface area contributed by atoms with Crippen LogP contribution in [0.25, 0.3) is 10.8 Å². The summed E-state index contributed by atoms with van der Waals surface area (Å²) in [7, 11) is 0. The van der Waals surface area contributed by atoms with E-state index in [-0.39, 0.29) is 12.1 Å². The smallest absolute Gasteiger partial charge is 0.319 e. The molecule has 5 rings (SSSR count). The van der Waals surface area contributed by atoms with Crippen LogP contribution in [0.4, 0.5) is 16.3 Å². The largest absolute Gasteiger partial charge is 0.379 e. The molecule has 0 bridgehead atoms. The Morgan fingerprint density at radius 3 is 2.66 bits per heavy atom. The maximum Gasteiger partial charge on any atom is 0.319 e. The summed E-state index contributed by atoms with van der Waals surface area (Å²) in [4.78, 5) is 26.7. The fourth-order valence-electron chi connectivity index (χ4n) is 5.05. The van der Waals surface area contributed by atoms with Crippen LogP contribution >= 0.6 is 0 Å². The molecular weight excluding hydrogens is 440 g/mol. The lowest BCUT2D eigenvalue weighted by atomic mass is 10.0. The third kappa shape index (κ3) is 5.71. The second kappa shape index (κ2) is 10.6. The summed E-state index contributed by atoms with van der Waals surface area (Å²) in [5.74, 6) is 1.04. The Bertz CT molecular complexity index is 1190. The van der Waals surface area contributed by atoms with E-state index < -0.39 is 0 Å². The minimum atomic E-state index is -0.160. The molecule has 0 unspecified atom stereocenters. The predicted octanol–water partition coefficient (Wildman–Crippen LogP) is 3.87. The highest BCUT2D eigenvalue weighted by Crippen LogP contribution is 2.25. The summed E-state index contributed by atoms with van der Waals surface area (Å²) in [6.45, 7) is 10.3. The highest BCUT2D eigenvalue weighted by atomic mass is 16.5. The maximum atomic E-state index is 12.8. The third-order valence-corrected chi connectivity index (χ3v) is 6.92. The van der Waals surface area contributed by atoms with Crippen molar-refractivity contribution in [2.45, 2.75) is 39.3 Å². The molecule has 0 aliphatic carbocycles. The molecule has 2 aliphatic rings. The molecule has 0 saturated carbocycles. The number of benzene rings is 1. The quantitative estimate of drug-likeness (QED) is 0.584. The minimum absolute atomic E-state index is 0.141. The van der Waals surface area contributed by atoms with E-state index in [9.17, 15) is 4.79 Å². The molecular formula is C27H34N6O2. The number of morpholine rings is 1. The van der Waals surface area contributed by atoms with Crippen molar-refractivity contribution in [1.82, 2.24) is 20.2 Å². The predicted molar refractivity (Wildman–Crippen MR) is 139 cm³/mol. The van der Waals surface area contributed by atoms with Gasteiger partial charge in [0.1, 0.15) is 5.82 Å². The van der Waals surface area contributed by atoms with Gasteiger partial charge >= 0.3 is 6.03 Å². The van der Waals surface area contributed by atoms with Crippen LogP contribution in [0.15, 0.2) is 42.6 Å². The molecule has 8 nitrogen and oxygen atoms in total. The number of hydrogen-bond acceptors (Lipinski definition) is 6. The molecule has 1 aromatic carbocycles. The van der Waals surface area contributed by atoms with Crippen LogP contribution in [0.5, 0.6) is 0 Å². The number of rotatable bonds is 5. The first-order valence-electron chi connectivity index (χ1n) is 12.5. The Hall–Kier alpha value is -3.23. The van der Waals surface area contributed by atoms with Crippen molar-refractivity contribution in [2.75, 3.05) is 49.6 Å². The lowest BCUT2D eigenvalue weighted by molar-refractivity contribution is 0.0342. The highest BCUT2D eigenvalue weighted by Gasteiger charge is 2.23. The van der Waals surface area contributed by atoms with Crippen LogP contribution in [0, 0.1) is 13.8 Å². The summed E-state index contributed by atoms with van der Waals surface area (Å²) in [5.41, 5.74) is 4.11. The molecule has 2 saturated heterocycles. The van der Waals surface area contributed by atoms with Crippen LogP contribution in [0.2, 0.25) is 0 Å². The van der Waals surface area contributed by atoms with Gasteiger partial charge in [0.15, 0.2) is 0 Å². The first-order valence-corrected chi connectivity index (χ1v) is 12.5. The third-order valence-electron chi connectivity index (χ3n) is 6.92. The van der Waals surface area contributed by atoms with Gasteiger partial charge in [-0.25, -0.2) is 9.78 Å². The molecule has 2 aliphatic heterocycles. The number of carbonyl (C=O) groups excluding carboxylic acids is 1. The average Bonchev–Trinajstić information content (AvgIpc) is 2.85. The van der Waals surface area contributed by atoms with Crippen LogP contribution in [-0.4, -0.2) is 66.3 Å². The van der Waals surface area contributed by atoms with Gasteiger partial charge in [0.05, 0.1) is 18.9 Å². The van der Waals surface area contributed by atoms with Gasteiger partial charge in [-0.3, -0.25) is 9.88 Å². The minimum Gasteiger partial charge on any atom is -0.379 e. The number of anilines is 2. The molecule has 3 aromatic rings. The van der Waals surface area contributed by atoms with Crippen molar-refractivity contribution >= 4 is 28.3 Å². The Morgan fingerprint density at radius 2 is 1.86 bits per heavy atom. The van der Waals surface area contributed by atoms with Gasteiger partial charge in [0.25, 0.3) is 0 Å². The number of aryl methyl sites for hydroxylation is 2. The monoisotopic (exact) mass is 474 g/mol. The van der Waals surface area contributed by atoms with E-state index in [1.807, 2.05) is 31.2 Å². The van der Waals surface area contributed by atoms with Crippen molar-refractivity contribution in [2.24, 2.45) is 0 Å². The number of nitrogens with one attached hydrogen (secondary N) is 2. The van der Waals surface area contributed by atoms with Crippen molar-refractivity contribution < 1.29 is 9.53 Å². The zero-order chi connectivity index (χ0) is 24.2. The Kier molecular flexibility index (Phi) is 7.11. The number of hydrogen-bond donors (Lipinski definition) is 2. The number of urea groups is 1. The van der Waals surface area contributed by atoms with Crippen molar-refractivity contribution in [3.8, 4) is 0 Å². The molecule has 2 N–H and O–H groups in total. The Morgan fingerprint density at radius 1 is 1.06 bits per heavy atom. The molecule has 2 aromatic heterocycles. The van der Waals surface area contributed by atoms with Gasteiger partial charge in [-0.2, -0.15) is 0 Å². The second-order valence-electron chi connectivity index (χ2n) is 9.52. The summed E-state index contributed by atoms with van der Waals surface area (Å²) >= 11 is 0. The first kappa shape index (κ1) is 23.5. The van der Waals surface area contributed by atoms with Gasteiger partial charge < -0.3 is 20.3 Å². The lowest BCUT2D eigenvalue weighted by Gasteiger charge is -2.34. The Labute approximate surface area is 206 Å². The van der Waals surface area contributed by atoms with Crippen LogP contribution in [0.1, 0.15) is 29.8 Å². The summed E-state index contributed by atoms with van der Waals surface area (Å²) in [6, 6.07) is 12.2. The van der Waals surface area contributed by atoms with Gasteiger partial charge in [-0.05, 0) is 56.5 Å². The standard InChI is InChI=1S/C27H34N6O2/c1-19-16-21(18-32-12-14-35-15-13-32)17-26(29-19)33-10-7-22(8-11-33)30-27(34)31-25-5-3-4-23-20(2)28-9-6-24(23)25/h3-6,9,16-17,22H,7-8,10-15,18H2,1-2H3,(H2,30,31,34). The first-order chi connectivity index (χ1) is 17.0. The number of carbonyl (C=O) groups is 1. The Balaban J connectivity index is 1.17. The number of pyridine rings is 2. The van der Waals surface area contributed by atoms with Gasteiger partial charge in [0, 0.05) is 67.1 Å². The SMILES string of the molecule is Cc1cc(CN2CCOCC2)cc(N2CCC(NC(=O)Nc3cccc4c(C)nccc34)CC2)n1. The van der Waals surface area contributed by atoms with Crippen molar-refractivity contribution in [3.63, 3.8) is 0 Å². The molecule has 2 fully saturated rings. The highest BCUT2D eigenvalue weighted by molar-refractivity contribution is 6.02. The number of amides is 2. The fourth-order valence-corrected chi connectivity index (χ4v) is 5.05. The maximum absolute atomic E-state index is 12.8. The van der Waals surface area contributed by atoms with E-state index in [2.05, 4.69) is 44.5 Å². The molecule has 184 valence electrons. The van der Waals surface area contributed by atoms with Crippen LogP contribution < -0.4 is 15.5 Å². The number of ether oxygens (including phenoxy) is 1. The van der Waals surface area contributed by atoms with E-state index in [0.29, 0.717) is 0 Å². The molecule has 35 heavy (non-hydrogen) atoms. The van der Waals surface area contributed by atoms with E-state index >= 15 is 0 Å². The molecule has 4 heterocycles. The number of aromatic nitrogens is 2. The number of nitrogens with zero attached hydrogens (tertiary/aromatic N) is 4. The van der Waals surface area contributed by atoms with Gasteiger partial charge in [0.2, 0.25) is 0 Å². The molecule has 0 radical (unpaired) electrons. The number of piperidine rings is 1. The van der Waals surface area contributed by atoms with Crippen LogP contribution in [0.3, 0.4) is 0 Å². The van der Waals surface area contributed by atoms with Crippen molar-refractivity contribution in [3.05, 3.63) is 59.5 Å². The number of fused-ring (bicyclic) bond motifs is 1. The van der Waals surface area contributed by atoms with Gasteiger partial charge in [-0.1, -0.05) is 12.1 Å². The zero-order valence-electron chi connectivity index (χ0n) is 20.6. The van der Waals surface area contributed by atoms with E-state index in [4.69, 9.17) is 9.72 Å². The topological polar surface area (TPSA) is 82.6 Å². The normalized spacial score (nSPS) is 17.5. The van der Waals surface area contributed by atoms with Crippen LogP contribution in [-0.2, 0) is 11.3 Å². The van der Waals surface area contributed by atoms with E-state index in [1.54, 1.807) is 6.20 Å². The molecule has 2 amide bonds. The molecule has 0 spiro atoms. The fraction of sp³-hybridized carbons (Fsp3) is 0.444. The van der Waals surface area contributed by atoms with Gasteiger partial charge in [-0.15, -0.1) is 0 Å².